The second kappa shape index (κ2) is 10.6. The minimum absolute atomic E-state index is 0.103. The van der Waals surface area contributed by atoms with Crippen LogP contribution in [-0.2, 0) is 11.4 Å². The predicted molar refractivity (Wildman–Crippen MR) is 129 cm³/mol. The van der Waals surface area contributed by atoms with E-state index in [-0.39, 0.29) is 11.8 Å². The Kier molecular flexibility index (Phi) is 7.66. The summed E-state index contributed by atoms with van der Waals surface area (Å²) in [4.78, 5) is 29.3. The molecule has 3 rings (SSSR count). The molecule has 0 spiro atoms. The average molecular weight is 448 g/mol. The van der Waals surface area contributed by atoms with Crippen LogP contribution in [0, 0.1) is 5.41 Å². The summed E-state index contributed by atoms with van der Waals surface area (Å²) in [7, 11) is 0. The summed E-state index contributed by atoms with van der Waals surface area (Å²) >= 11 is 0. The second-order valence-corrected chi connectivity index (χ2v) is 8.44. The molecule has 0 saturated heterocycles. The molecule has 3 aromatic rings. The Bertz CT molecular complexity index is 1110. The van der Waals surface area contributed by atoms with Gasteiger partial charge in [-0.15, -0.1) is 0 Å². The third-order valence-corrected chi connectivity index (χ3v) is 4.67. The zero-order chi connectivity index (χ0) is 23.8. The Morgan fingerprint density at radius 3 is 2.30 bits per heavy atom. The standard InChI is InChI=1S/C26H29N3O4/c1-5-32-23-15-18(12-13-22(23)33-17-21-9-6-7-14-27-21)24(30)28-19-10-8-11-20(16-19)29-25(31)26(2,3)4/h6-16H,5,17H2,1-4H3,(H,28,30)(H,29,31). The molecule has 0 fully saturated rings. The minimum Gasteiger partial charge on any atom is -0.490 e. The molecule has 0 bridgehead atoms. The molecule has 0 aliphatic rings. The van der Waals surface area contributed by atoms with Gasteiger partial charge in [0, 0.05) is 28.6 Å². The second-order valence-electron chi connectivity index (χ2n) is 8.44. The molecule has 7 nitrogen and oxygen atoms in total. The fourth-order valence-corrected chi connectivity index (χ4v) is 2.87. The number of rotatable bonds is 8. The van der Waals surface area contributed by atoms with E-state index in [1.54, 1.807) is 48.7 Å². The van der Waals surface area contributed by atoms with Crippen LogP contribution in [0.5, 0.6) is 11.5 Å². The first-order valence-electron chi connectivity index (χ1n) is 10.8. The Hall–Kier alpha value is -3.87. The minimum atomic E-state index is -0.519. The van der Waals surface area contributed by atoms with Crippen LogP contribution in [0.3, 0.4) is 0 Å². The van der Waals surface area contributed by atoms with Crippen LogP contribution < -0.4 is 20.1 Å². The van der Waals surface area contributed by atoms with E-state index in [4.69, 9.17) is 9.47 Å². The van der Waals surface area contributed by atoms with E-state index in [1.807, 2.05) is 45.9 Å². The predicted octanol–water partition coefficient (Wildman–Crippen LogP) is 5.30. The van der Waals surface area contributed by atoms with Gasteiger partial charge in [-0.2, -0.15) is 0 Å². The van der Waals surface area contributed by atoms with Crippen LogP contribution in [0.4, 0.5) is 11.4 Å². The third-order valence-electron chi connectivity index (χ3n) is 4.67. The summed E-state index contributed by atoms with van der Waals surface area (Å²) in [5, 5.41) is 5.72. The number of hydrogen-bond acceptors (Lipinski definition) is 5. The zero-order valence-electron chi connectivity index (χ0n) is 19.3. The molecule has 0 aliphatic heterocycles. The molecule has 0 radical (unpaired) electrons. The summed E-state index contributed by atoms with van der Waals surface area (Å²) in [5.41, 5.74) is 1.88. The molecule has 1 aromatic heterocycles. The number of nitrogens with zero attached hydrogens (tertiary/aromatic N) is 1. The number of carbonyl (C=O) groups excluding carboxylic acids is 2. The largest absolute Gasteiger partial charge is 0.490 e. The molecule has 7 heteroatoms. The number of hydrogen-bond donors (Lipinski definition) is 2. The maximum Gasteiger partial charge on any atom is 0.255 e. The Labute approximate surface area is 194 Å². The Morgan fingerprint density at radius 1 is 0.879 bits per heavy atom. The molecular formula is C26H29N3O4. The highest BCUT2D eigenvalue weighted by Crippen LogP contribution is 2.30. The van der Waals surface area contributed by atoms with Crippen LogP contribution in [0.15, 0.2) is 66.9 Å². The molecule has 2 aromatic carbocycles. The molecule has 172 valence electrons. The van der Waals surface area contributed by atoms with Crippen molar-refractivity contribution in [3.8, 4) is 11.5 Å². The van der Waals surface area contributed by atoms with Gasteiger partial charge in [-0.3, -0.25) is 14.6 Å². The first kappa shape index (κ1) is 23.8. The van der Waals surface area contributed by atoms with Crippen LogP contribution in [0.1, 0.15) is 43.7 Å². The summed E-state index contributed by atoms with van der Waals surface area (Å²) in [6, 6.07) is 17.7. The molecule has 0 aliphatic carbocycles. The van der Waals surface area contributed by atoms with Gasteiger partial charge in [-0.05, 0) is 55.5 Å². The van der Waals surface area contributed by atoms with Gasteiger partial charge < -0.3 is 20.1 Å². The summed E-state index contributed by atoms with van der Waals surface area (Å²) < 4.78 is 11.5. The van der Waals surface area contributed by atoms with Gasteiger partial charge >= 0.3 is 0 Å². The highest BCUT2D eigenvalue weighted by Gasteiger charge is 2.21. The van der Waals surface area contributed by atoms with Gasteiger partial charge in [0.25, 0.3) is 5.91 Å². The molecular weight excluding hydrogens is 418 g/mol. The lowest BCUT2D eigenvalue weighted by molar-refractivity contribution is -0.123. The van der Waals surface area contributed by atoms with Crippen molar-refractivity contribution in [3.05, 3.63) is 78.1 Å². The third kappa shape index (κ3) is 6.80. The Morgan fingerprint density at radius 2 is 1.64 bits per heavy atom. The highest BCUT2D eigenvalue weighted by atomic mass is 16.5. The molecule has 0 unspecified atom stereocenters. The van der Waals surface area contributed by atoms with E-state index in [2.05, 4.69) is 15.6 Å². The van der Waals surface area contributed by atoms with Gasteiger partial charge in [0.1, 0.15) is 6.61 Å². The number of carbonyl (C=O) groups is 2. The van der Waals surface area contributed by atoms with Crippen LogP contribution >= 0.6 is 0 Å². The van der Waals surface area contributed by atoms with Crippen molar-refractivity contribution in [2.45, 2.75) is 34.3 Å². The number of amides is 2. The van der Waals surface area contributed by atoms with Gasteiger partial charge in [0.15, 0.2) is 11.5 Å². The van der Waals surface area contributed by atoms with Crippen molar-refractivity contribution in [1.29, 1.82) is 0 Å². The lowest BCUT2D eigenvalue weighted by Crippen LogP contribution is -2.27. The van der Waals surface area contributed by atoms with Crippen LogP contribution in [0.2, 0.25) is 0 Å². The summed E-state index contributed by atoms with van der Waals surface area (Å²) in [6.07, 6.45) is 1.71. The van der Waals surface area contributed by atoms with Crippen LogP contribution in [-0.4, -0.2) is 23.4 Å². The van der Waals surface area contributed by atoms with Crippen molar-refractivity contribution in [1.82, 2.24) is 4.98 Å². The van der Waals surface area contributed by atoms with Crippen molar-refractivity contribution in [2.24, 2.45) is 5.41 Å². The van der Waals surface area contributed by atoms with Gasteiger partial charge in [0.2, 0.25) is 5.91 Å². The topological polar surface area (TPSA) is 89.6 Å². The van der Waals surface area contributed by atoms with Crippen LogP contribution in [0.25, 0.3) is 0 Å². The summed E-state index contributed by atoms with van der Waals surface area (Å²) in [6.45, 7) is 8.11. The molecule has 2 N–H and O–H groups in total. The number of pyridine rings is 1. The number of aromatic nitrogens is 1. The SMILES string of the molecule is CCOc1cc(C(=O)Nc2cccc(NC(=O)C(C)(C)C)c2)ccc1OCc1ccccn1. The highest BCUT2D eigenvalue weighted by molar-refractivity contribution is 6.05. The van der Waals surface area contributed by atoms with E-state index in [0.29, 0.717) is 41.7 Å². The average Bonchev–Trinajstić information content (AvgIpc) is 2.78. The number of benzene rings is 2. The smallest absolute Gasteiger partial charge is 0.255 e. The number of anilines is 2. The van der Waals surface area contributed by atoms with Crippen molar-refractivity contribution in [3.63, 3.8) is 0 Å². The van der Waals surface area contributed by atoms with Gasteiger partial charge in [-0.1, -0.05) is 32.9 Å². The zero-order valence-corrected chi connectivity index (χ0v) is 19.3. The fraction of sp³-hybridized carbons (Fsp3) is 0.269. The van der Waals surface area contributed by atoms with Gasteiger partial charge in [0.05, 0.1) is 12.3 Å². The maximum absolute atomic E-state index is 12.8. The Balaban J connectivity index is 1.71. The fourth-order valence-electron chi connectivity index (χ4n) is 2.87. The molecule has 2 amide bonds. The summed E-state index contributed by atoms with van der Waals surface area (Å²) in [5.74, 6) is 0.610. The van der Waals surface area contributed by atoms with Crippen molar-refractivity contribution in [2.75, 3.05) is 17.2 Å². The van der Waals surface area contributed by atoms with Gasteiger partial charge in [-0.25, -0.2) is 0 Å². The molecule has 0 saturated carbocycles. The quantitative estimate of drug-likeness (QED) is 0.489. The van der Waals surface area contributed by atoms with Crippen molar-refractivity contribution >= 4 is 23.2 Å². The molecule has 33 heavy (non-hydrogen) atoms. The van der Waals surface area contributed by atoms with E-state index in [1.165, 1.54) is 0 Å². The maximum atomic E-state index is 12.8. The molecule has 1 heterocycles. The number of nitrogens with one attached hydrogen (secondary N) is 2. The first-order valence-corrected chi connectivity index (χ1v) is 10.8. The number of ether oxygens (including phenoxy) is 2. The van der Waals surface area contributed by atoms with E-state index >= 15 is 0 Å². The lowest BCUT2D eigenvalue weighted by atomic mass is 9.95. The van der Waals surface area contributed by atoms with Crippen molar-refractivity contribution < 1.29 is 19.1 Å². The molecule has 0 atom stereocenters. The van der Waals surface area contributed by atoms with E-state index in [0.717, 1.165) is 5.69 Å². The lowest BCUT2D eigenvalue weighted by Gasteiger charge is -2.18. The van der Waals surface area contributed by atoms with E-state index < -0.39 is 5.41 Å². The normalized spacial score (nSPS) is 10.9. The monoisotopic (exact) mass is 447 g/mol. The first-order chi connectivity index (χ1) is 15.8. The van der Waals surface area contributed by atoms with E-state index in [9.17, 15) is 9.59 Å².